The van der Waals surface area contributed by atoms with E-state index < -0.39 is 11.6 Å². The van der Waals surface area contributed by atoms with Gasteiger partial charge in [-0.3, -0.25) is 0 Å². The van der Waals surface area contributed by atoms with Crippen LogP contribution in [0.5, 0.6) is 5.75 Å². The topological polar surface area (TPSA) is 87.7 Å². The second kappa shape index (κ2) is 3.37. The highest BCUT2D eigenvalue weighted by Crippen LogP contribution is 2.30. The number of hydrogen-bond donors (Lipinski definition) is 2. The average molecular weight is 220 g/mol. The molecule has 0 bridgehead atoms. The van der Waals surface area contributed by atoms with Gasteiger partial charge in [0.05, 0.1) is 5.39 Å². The number of aromatic hydroxyl groups is 1. The SMILES string of the molecule is Cc1cc(=O)oc2ccc(C(=O)O)c(O)c12. The fraction of sp³-hybridized carbons (Fsp3) is 0.0909. The number of phenols is 1. The standard InChI is InChI=1S/C11H8O5/c1-5-4-8(12)16-7-3-2-6(11(14)15)10(13)9(5)7/h2-4,13H,1H3,(H,14,15). The quantitative estimate of drug-likeness (QED) is 0.711. The van der Waals surface area contributed by atoms with Crippen molar-refractivity contribution in [1.82, 2.24) is 0 Å². The predicted molar refractivity (Wildman–Crippen MR) is 55.8 cm³/mol. The van der Waals surface area contributed by atoms with Crippen LogP contribution in [0.25, 0.3) is 11.0 Å². The van der Waals surface area contributed by atoms with Gasteiger partial charge in [0, 0.05) is 6.07 Å². The van der Waals surface area contributed by atoms with Gasteiger partial charge in [-0.05, 0) is 24.6 Å². The molecule has 2 N–H and O–H groups in total. The van der Waals surface area contributed by atoms with Crippen LogP contribution in [0.3, 0.4) is 0 Å². The minimum Gasteiger partial charge on any atom is -0.506 e. The molecular weight excluding hydrogens is 212 g/mol. The third-order valence-electron chi connectivity index (χ3n) is 2.31. The van der Waals surface area contributed by atoms with Crippen molar-refractivity contribution >= 4 is 16.9 Å². The first-order chi connectivity index (χ1) is 7.50. The molecule has 0 fully saturated rings. The molecule has 1 heterocycles. The van der Waals surface area contributed by atoms with E-state index in [1.165, 1.54) is 18.2 Å². The number of fused-ring (bicyclic) bond motifs is 1. The molecule has 0 aliphatic carbocycles. The number of aromatic carboxylic acids is 1. The average Bonchev–Trinajstić information content (AvgIpc) is 2.15. The van der Waals surface area contributed by atoms with Crippen LogP contribution in [0.1, 0.15) is 15.9 Å². The first kappa shape index (κ1) is 10.2. The number of carboxylic acids is 1. The molecule has 0 aliphatic rings. The second-order valence-corrected chi connectivity index (χ2v) is 3.39. The van der Waals surface area contributed by atoms with Crippen molar-refractivity contribution in [3.05, 3.63) is 39.7 Å². The van der Waals surface area contributed by atoms with Crippen molar-refractivity contribution in [2.75, 3.05) is 0 Å². The summed E-state index contributed by atoms with van der Waals surface area (Å²) in [5.41, 5.74) is -0.101. The van der Waals surface area contributed by atoms with Crippen LogP contribution >= 0.6 is 0 Å². The molecule has 5 heteroatoms. The summed E-state index contributed by atoms with van der Waals surface area (Å²) in [4.78, 5) is 21.9. The van der Waals surface area contributed by atoms with Gasteiger partial charge in [0.15, 0.2) is 0 Å². The monoisotopic (exact) mass is 220 g/mol. The zero-order valence-corrected chi connectivity index (χ0v) is 8.35. The Morgan fingerprint density at radius 3 is 2.69 bits per heavy atom. The molecule has 0 atom stereocenters. The number of benzene rings is 1. The highest BCUT2D eigenvalue weighted by Gasteiger charge is 2.15. The van der Waals surface area contributed by atoms with Crippen molar-refractivity contribution < 1.29 is 19.4 Å². The van der Waals surface area contributed by atoms with Gasteiger partial charge in [0.1, 0.15) is 16.9 Å². The lowest BCUT2D eigenvalue weighted by Gasteiger charge is -2.05. The predicted octanol–water partition coefficient (Wildman–Crippen LogP) is 1.51. The van der Waals surface area contributed by atoms with Gasteiger partial charge in [0.25, 0.3) is 0 Å². The Morgan fingerprint density at radius 2 is 2.06 bits per heavy atom. The molecule has 16 heavy (non-hydrogen) atoms. The number of aryl methyl sites for hydroxylation is 1. The highest BCUT2D eigenvalue weighted by atomic mass is 16.4. The molecule has 82 valence electrons. The number of hydrogen-bond acceptors (Lipinski definition) is 4. The Hall–Kier alpha value is -2.30. The van der Waals surface area contributed by atoms with E-state index in [0.717, 1.165) is 0 Å². The maximum atomic E-state index is 11.1. The lowest BCUT2D eigenvalue weighted by Crippen LogP contribution is -2.01. The van der Waals surface area contributed by atoms with Gasteiger partial charge in [-0.2, -0.15) is 0 Å². The Kier molecular flexibility index (Phi) is 2.16. The van der Waals surface area contributed by atoms with Gasteiger partial charge in [-0.25, -0.2) is 9.59 Å². The van der Waals surface area contributed by atoms with Crippen molar-refractivity contribution in [3.8, 4) is 5.75 Å². The van der Waals surface area contributed by atoms with Gasteiger partial charge in [-0.15, -0.1) is 0 Å². The normalized spacial score (nSPS) is 10.6. The molecule has 0 radical (unpaired) electrons. The molecule has 0 aliphatic heterocycles. The van der Waals surface area contributed by atoms with Gasteiger partial charge >= 0.3 is 11.6 Å². The zero-order valence-electron chi connectivity index (χ0n) is 8.35. The largest absolute Gasteiger partial charge is 0.506 e. The molecule has 0 spiro atoms. The minimum atomic E-state index is -1.23. The maximum absolute atomic E-state index is 11.1. The van der Waals surface area contributed by atoms with E-state index in [4.69, 9.17) is 9.52 Å². The molecule has 1 aromatic carbocycles. The summed E-state index contributed by atoms with van der Waals surface area (Å²) < 4.78 is 4.85. The third kappa shape index (κ3) is 1.42. The lowest BCUT2D eigenvalue weighted by atomic mass is 10.1. The first-order valence-electron chi connectivity index (χ1n) is 4.50. The lowest BCUT2D eigenvalue weighted by molar-refractivity contribution is 0.0694. The van der Waals surface area contributed by atoms with Crippen molar-refractivity contribution in [2.24, 2.45) is 0 Å². The smallest absolute Gasteiger partial charge is 0.339 e. The van der Waals surface area contributed by atoms with E-state index in [1.807, 2.05) is 0 Å². The zero-order chi connectivity index (χ0) is 11.9. The fourth-order valence-electron chi connectivity index (χ4n) is 1.60. The summed E-state index contributed by atoms with van der Waals surface area (Å²) in [6.45, 7) is 1.60. The Morgan fingerprint density at radius 1 is 1.38 bits per heavy atom. The Labute approximate surface area is 89.6 Å². The van der Waals surface area contributed by atoms with E-state index in [2.05, 4.69) is 0 Å². The van der Waals surface area contributed by atoms with Crippen molar-refractivity contribution in [2.45, 2.75) is 6.92 Å². The third-order valence-corrected chi connectivity index (χ3v) is 2.31. The number of rotatable bonds is 1. The summed E-state index contributed by atoms with van der Waals surface area (Å²) in [5, 5.41) is 18.8. The Bertz CT molecular complexity index is 639. The van der Waals surface area contributed by atoms with Crippen LogP contribution in [0.4, 0.5) is 0 Å². The van der Waals surface area contributed by atoms with E-state index >= 15 is 0 Å². The van der Waals surface area contributed by atoms with Crippen molar-refractivity contribution in [3.63, 3.8) is 0 Å². The molecule has 0 amide bonds. The maximum Gasteiger partial charge on any atom is 0.339 e. The molecule has 2 aromatic rings. The van der Waals surface area contributed by atoms with E-state index in [-0.39, 0.29) is 22.3 Å². The number of carbonyl (C=O) groups is 1. The molecule has 2 rings (SSSR count). The highest BCUT2D eigenvalue weighted by molar-refractivity contribution is 5.99. The molecule has 0 saturated carbocycles. The van der Waals surface area contributed by atoms with Crippen LogP contribution < -0.4 is 5.63 Å². The molecule has 0 saturated heterocycles. The van der Waals surface area contributed by atoms with Crippen LogP contribution in [-0.4, -0.2) is 16.2 Å². The number of carboxylic acid groups (broad SMARTS) is 1. The van der Waals surface area contributed by atoms with Gasteiger partial charge in [0.2, 0.25) is 0 Å². The summed E-state index contributed by atoms with van der Waals surface area (Å²) in [6.07, 6.45) is 0. The Balaban J connectivity index is 2.94. The van der Waals surface area contributed by atoms with E-state index in [9.17, 15) is 14.7 Å². The minimum absolute atomic E-state index is 0.174. The first-order valence-corrected chi connectivity index (χ1v) is 4.50. The van der Waals surface area contributed by atoms with Crippen LogP contribution in [0, 0.1) is 6.92 Å². The van der Waals surface area contributed by atoms with Gasteiger partial charge < -0.3 is 14.6 Å². The van der Waals surface area contributed by atoms with Crippen LogP contribution in [0.2, 0.25) is 0 Å². The van der Waals surface area contributed by atoms with E-state index in [1.54, 1.807) is 6.92 Å². The van der Waals surface area contributed by atoms with Gasteiger partial charge in [-0.1, -0.05) is 0 Å². The molecule has 1 aromatic heterocycles. The molecular formula is C11H8O5. The molecule has 0 unspecified atom stereocenters. The second-order valence-electron chi connectivity index (χ2n) is 3.39. The summed E-state index contributed by atoms with van der Waals surface area (Å²) in [5.74, 6) is -1.61. The summed E-state index contributed by atoms with van der Waals surface area (Å²) >= 11 is 0. The summed E-state index contributed by atoms with van der Waals surface area (Å²) in [6, 6.07) is 3.75. The molecule has 5 nitrogen and oxygen atoms in total. The van der Waals surface area contributed by atoms with E-state index in [0.29, 0.717) is 5.56 Å². The summed E-state index contributed by atoms with van der Waals surface area (Å²) in [7, 11) is 0. The fourth-order valence-corrected chi connectivity index (χ4v) is 1.60. The van der Waals surface area contributed by atoms with Crippen LogP contribution in [0.15, 0.2) is 27.4 Å². The van der Waals surface area contributed by atoms with Crippen molar-refractivity contribution in [1.29, 1.82) is 0 Å². The van der Waals surface area contributed by atoms with Crippen LogP contribution in [-0.2, 0) is 0 Å².